The van der Waals surface area contributed by atoms with E-state index in [0.717, 1.165) is 19.4 Å². The van der Waals surface area contributed by atoms with Crippen LogP contribution < -0.4 is 5.32 Å². The van der Waals surface area contributed by atoms with Gasteiger partial charge >= 0.3 is 0 Å². The van der Waals surface area contributed by atoms with Gasteiger partial charge in [0.1, 0.15) is 0 Å². The van der Waals surface area contributed by atoms with Crippen molar-refractivity contribution in [1.29, 1.82) is 0 Å². The second-order valence-corrected chi connectivity index (χ2v) is 5.55. The van der Waals surface area contributed by atoms with Crippen molar-refractivity contribution >= 4 is 0 Å². The van der Waals surface area contributed by atoms with Crippen LogP contribution in [-0.4, -0.2) is 12.6 Å². The van der Waals surface area contributed by atoms with Gasteiger partial charge in [0.2, 0.25) is 0 Å². The first kappa shape index (κ1) is 15.0. The summed E-state index contributed by atoms with van der Waals surface area (Å²) >= 11 is 0. The molecule has 0 aromatic heterocycles. The molecule has 0 amide bonds. The Balaban J connectivity index is 2.50. The fraction of sp³-hybridized carbons (Fsp3) is 0.529. The fourth-order valence-electron chi connectivity index (χ4n) is 2.05. The molecule has 0 saturated heterocycles. The highest BCUT2D eigenvalue weighted by atomic mass is 14.9. The van der Waals surface area contributed by atoms with E-state index >= 15 is 0 Å². The number of hydrogen-bond acceptors (Lipinski definition) is 1. The molecular formula is C17H27N. The highest BCUT2D eigenvalue weighted by molar-refractivity contribution is 5.33. The zero-order chi connectivity index (χ0) is 13.5. The molecule has 0 atom stereocenters. The van der Waals surface area contributed by atoms with Crippen LogP contribution in [0.3, 0.4) is 0 Å². The average Bonchev–Trinajstić information content (AvgIpc) is 2.29. The molecule has 0 saturated carbocycles. The van der Waals surface area contributed by atoms with E-state index in [2.05, 4.69) is 64.2 Å². The smallest absolute Gasteiger partial charge is 0.00105 e. The molecule has 0 aliphatic rings. The topological polar surface area (TPSA) is 12.0 Å². The van der Waals surface area contributed by atoms with Crippen molar-refractivity contribution in [1.82, 2.24) is 5.32 Å². The summed E-state index contributed by atoms with van der Waals surface area (Å²) in [7, 11) is 0. The van der Waals surface area contributed by atoms with Crippen molar-refractivity contribution < 1.29 is 0 Å². The van der Waals surface area contributed by atoms with Gasteiger partial charge in [-0.05, 0) is 51.3 Å². The first-order valence-corrected chi connectivity index (χ1v) is 6.94. The average molecular weight is 245 g/mol. The molecule has 0 spiro atoms. The molecule has 1 aromatic carbocycles. The Morgan fingerprint density at radius 3 is 2.67 bits per heavy atom. The quantitative estimate of drug-likeness (QED) is 0.585. The van der Waals surface area contributed by atoms with Gasteiger partial charge in [-0.25, -0.2) is 0 Å². The number of allylic oxidation sites excluding steroid dienone is 1. The predicted molar refractivity (Wildman–Crippen MR) is 81.1 cm³/mol. The van der Waals surface area contributed by atoms with E-state index in [-0.39, 0.29) is 0 Å². The van der Waals surface area contributed by atoms with Crippen LogP contribution in [0.5, 0.6) is 0 Å². The van der Waals surface area contributed by atoms with Crippen molar-refractivity contribution in [2.24, 2.45) is 0 Å². The standard InChI is InChI=1S/C17H27N/c1-13(2)18-10-6-7-14(3)11-17-12-15(4)8-9-16(17)5/h7-9,12-13,18H,6,10-11H2,1-5H3. The lowest BCUT2D eigenvalue weighted by molar-refractivity contribution is 0.594. The van der Waals surface area contributed by atoms with Crippen LogP contribution in [0.4, 0.5) is 0 Å². The van der Waals surface area contributed by atoms with Crippen molar-refractivity contribution in [2.75, 3.05) is 6.54 Å². The molecule has 0 aliphatic carbocycles. The van der Waals surface area contributed by atoms with Crippen LogP contribution in [-0.2, 0) is 6.42 Å². The lowest BCUT2D eigenvalue weighted by Gasteiger charge is -2.09. The summed E-state index contributed by atoms with van der Waals surface area (Å²) in [5.41, 5.74) is 5.67. The second-order valence-electron chi connectivity index (χ2n) is 5.55. The molecule has 1 nitrogen and oxygen atoms in total. The maximum atomic E-state index is 3.44. The van der Waals surface area contributed by atoms with Crippen molar-refractivity contribution in [3.8, 4) is 0 Å². The predicted octanol–water partition coefficient (Wildman–Crippen LogP) is 4.18. The van der Waals surface area contributed by atoms with E-state index in [1.54, 1.807) is 0 Å². The summed E-state index contributed by atoms with van der Waals surface area (Å²) in [5, 5.41) is 3.44. The van der Waals surface area contributed by atoms with Crippen LogP contribution in [0.1, 0.15) is 43.9 Å². The van der Waals surface area contributed by atoms with Crippen molar-refractivity contribution in [2.45, 2.75) is 53.5 Å². The van der Waals surface area contributed by atoms with Gasteiger partial charge < -0.3 is 5.32 Å². The van der Waals surface area contributed by atoms with E-state index in [0.29, 0.717) is 6.04 Å². The number of hydrogen-bond donors (Lipinski definition) is 1. The molecule has 18 heavy (non-hydrogen) atoms. The summed E-state index contributed by atoms with van der Waals surface area (Å²) in [6.07, 6.45) is 4.56. The Morgan fingerprint density at radius 1 is 1.28 bits per heavy atom. The SMILES string of the molecule is CC(=CCCNC(C)C)Cc1cc(C)ccc1C. The minimum absolute atomic E-state index is 0.581. The lowest BCUT2D eigenvalue weighted by Crippen LogP contribution is -2.23. The Labute approximate surface area is 112 Å². The first-order valence-electron chi connectivity index (χ1n) is 6.94. The third-order valence-corrected chi connectivity index (χ3v) is 3.16. The Kier molecular flexibility index (Phi) is 6.14. The van der Waals surface area contributed by atoms with E-state index in [1.807, 2.05) is 0 Å². The summed E-state index contributed by atoms with van der Waals surface area (Å²) in [6, 6.07) is 7.29. The second kappa shape index (κ2) is 7.38. The number of nitrogens with one attached hydrogen (secondary N) is 1. The van der Waals surface area contributed by atoms with Gasteiger partial charge in [-0.1, -0.05) is 49.3 Å². The first-order chi connectivity index (χ1) is 8.49. The molecule has 1 aromatic rings. The normalized spacial score (nSPS) is 12.2. The number of rotatable bonds is 6. The Bertz CT molecular complexity index is 402. The summed E-state index contributed by atoms with van der Waals surface area (Å²) in [6.45, 7) is 12.0. The van der Waals surface area contributed by atoms with E-state index in [9.17, 15) is 0 Å². The van der Waals surface area contributed by atoms with Crippen LogP contribution in [0.25, 0.3) is 0 Å². The van der Waals surface area contributed by atoms with Gasteiger partial charge in [-0.2, -0.15) is 0 Å². The molecule has 1 heteroatoms. The van der Waals surface area contributed by atoms with Crippen LogP contribution >= 0.6 is 0 Å². The third kappa shape index (κ3) is 5.50. The lowest BCUT2D eigenvalue weighted by atomic mass is 9.99. The van der Waals surface area contributed by atoms with Crippen LogP contribution in [0.2, 0.25) is 0 Å². The fourth-order valence-corrected chi connectivity index (χ4v) is 2.05. The maximum absolute atomic E-state index is 3.44. The molecular weight excluding hydrogens is 218 g/mol. The van der Waals surface area contributed by atoms with Gasteiger partial charge in [0.05, 0.1) is 0 Å². The summed E-state index contributed by atoms with van der Waals surface area (Å²) < 4.78 is 0. The Hall–Kier alpha value is -1.08. The molecule has 0 bridgehead atoms. The zero-order valence-corrected chi connectivity index (χ0v) is 12.5. The maximum Gasteiger partial charge on any atom is 0.00105 e. The molecule has 100 valence electrons. The molecule has 1 rings (SSSR count). The summed E-state index contributed by atoms with van der Waals surface area (Å²) in [5.74, 6) is 0. The van der Waals surface area contributed by atoms with Crippen molar-refractivity contribution in [3.63, 3.8) is 0 Å². The van der Waals surface area contributed by atoms with Gasteiger partial charge in [0.15, 0.2) is 0 Å². The van der Waals surface area contributed by atoms with Gasteiger partial charge in [0, 0.05) is 6.04 Å². The minimum atomic E-state index is 0.581. The van der Waals surface area contributed by atoms with Crippen LogP contribution in [0, 0.1) is 13.8 Å². The zero-order valence-electron chi connectivity index (χ0n) is 12.5. The molecule has 0 radical (unpaired) electrons. The van der Waals surface area contributed by atoms with Crippen molar-refractivity contribution in [3.05, 3.63) is 46.5 Å². The monoisotopic (exact) mass is 245 g/mol. The van der Waals surface area contributed by atoms with E-state index in [1.165, 1.54) is 22.3 Å². The van der Waals surface area contributed by atoms with E-state index < -0.39 is 0 Å². The number of aryl methyl sites for hydroxylation is 2. The minimum Gasteiger partial charge on any atom is -0.314 e. The van der Waals surface area contributed by atoms with Crippen LogP contribution in [0.15, 0.2) is 29.8 Å². The largest absolute Gasteiger partial charge is 0.314 e. The molecule has 0 unspecified atom stereocenters. The van der Waals surface area contributed by atoms with Gasteiger partial charge in [0.25, 0.3) is 0 Å². The highest BCUT2D eigenvalue weighted by Gasteiger charge is 2.00. The van der Waals surface area contributed by atoms with Gasteiger partial charge in [-0.3, -0.25) is 0 Å². The van der Waals surface area contributed by atoms with Gasteiger partial charge in [-0.15, -0.1) is 0 Å². The molecule has 1 N–H and O–H groups in total. The molecule has 0 fully saturated rings. The highest BCUT2D eigenvalue weighted by Crippen LogP contribution is 2.15. The number of benzene rings is 1. The Morgan fingerprint density at radius 2 is 2.00 bits per heavy atom. The van der Waals surface area contributed by atoms with E-state index in [4.69, 9.17) is 0 Å². The molecule has 0 aliphatic heterocycles. The molecule has 0 heterocycles. The summed E-state index contributed by atoms with van der Waals surface area (Å²) in [4.78, 5) is 0. The third-order valence-electron chi connectivity index (χ3n) is 3.16.